The highest BCUT2D eigenvalue weighted by Crippen LogP contribution is 2.16. The monoisotopic (exact) mass is 290 g/mol. The van der Waals surface area contributed by atoms with Crippen LogP contribution in [-0.2, 0) is 6.42 Å². The normalized spacial score (nSPS) is 10.8. The second-order valence-electron chi connectivity index (χ2n) is 5.00. The van der Waals surface area contributed by atoms with E-state index < -0.39 is 0 Å². The summed E-state index contributed by atoms with van der Waals surface area (Å²) in [5.41, 5.74) is 2.44. The summed E-state index contributed by atoms with van der Waals surface area (Å²) in [6, 6.07) is 7.78. The van der Waals surface area contributed by atoms with Gasteiger partial charge in [0.25, 0.3) is 5.56 Å². The van der Waals surface area contributed by atoms with Gasteiger partial charge < -0.3 is 9.72 Å². The van der Waals surface area contributed by atoms with E-state index in [0.717, 1.165) is 17.0 Å². The molecule has 0 fully saturated rings. The molecule has 2 aromatic rings. The van der Waals surface area contributed by atoms with Gasteiger partial charge in [-0.25, -0.2) is 0 Å². The first kappa shape index (κ1) is 14.5. The fraction of sp³-hybridized carbons (Fsp3) is 0.333. The summed E-state index contributed by atoms with van der Waals surface area (Å²) in [5, 5.41) is 0. The molecule has 4 nitrogen and oxygen atoms in total. The smallest absolute Gasteiger partial charge is 0.255 e. The van der Waals surface area contributed by atoms with Crippen molar-refractivity contribution in [1.82, 2.24) is 9.97 Å². The van der Waals surface area contributed by atoms with Crippen LogP contribution in [0, 0.1) is 11.7 Å². The van der Waals surface area contributed by atoms with Gasteiger partial charge in [0.15, 0.2) is 4.77 Å². The largest absolute Gasteiger partial charge is 0.491 e. The lowest BCUT2D eigenvalue weighted by molar-refractivity contribution is 0.242. The molecule has 0 saturated heterocycles. The highest BCUT2D eigenvalue weighted by Gasteiger charge is 2.06. The van der Waals surface area contributed by atoms with Gasteiger partial charge in [0.2, 0.25) is 0 Å². The molecule has 0 spiro atoms. The molecule has 0 amide bonds. The Labute approximate surface area is 122 Å². The zero-order chi connectivity index (χ0) is 14.7. The molecule has 1 heterocycles. The van der Waals surface area contributed by atoms with E-state index in [-0.39, 0.29) is 11.7 Å². The van der Waals surface area contributed by atoms with Crippen LogP contribution in [0.3, 0.4) is 0 Å². The third-order valence-electron chi connectivity index (χ3n) is 2.93. The van der Waals surface area contributed by atoms with Crippen LogP contribution in [0.25, 0.3) is 0 Å². The summed E-state index contributed by atoms with van der Waals surface area (Å²) in [6.07, 6.45) is 0.718. The van der Waals surface area contributed by atoms with Gasteiger partial charge in [-0.2, -0.15) is 0 Å². The summed E-state index contributed by atoms with van der Waals surface area (Å²) in [5.74, 6) is 0.835. The van der Waals surface area contributed by atoms with Crippen molar-refractivity contribution in [2.75, 3.05) is 0 Å². The number of aromatic amines is 2. The summed E-state index contributed by atoms with van der Waals surface area (Å²) < 4.78 is 5.95. The van der Waals surface area contributed by atoms with Crippen molar-refractivity contribution >= 4 is 12.2 Å². The van der Waals surface area contributed by atoms with Gasteiger partial charge in [0.05, 0.1) is 6.10 Å². The van der Waals surface area contributed by atoms with Crippen LogP contribution in [0.2, 0.25) is 0 Å². The molecule has 0 radical (unpaired) electrons. The number of H-pyrrole nitrogens is 2. The van der Waals surface area contributed by atoms with Crippen molar-refractivity contribution in [3.05, 3.63) is 56.2 Å². The first-order valence-corrected chi connectivity index (χ1v) is 6.94. The number of hydrogen-bond acceptors (Lipinski definition) is 3. The number of ether oxygens (including phenoxy) is 1. The standard InChI is InChI=1S/C15H18N2O2S/c1-9(2)19-12-6-4-11(5-7-12)8-13-10(3)16-15(20)17-14(13)18/h4-7,9H,8H2,1-3H3,(H2,16,17,18,20). The maximum Gasteiger partial charge on any atom is 0.255 e. The summed E-state index contributed by atoms with van der Waals surface area (Å²) in [7, 11) is 0. The second-order valence-corrected chi connectivity index (χ2v) is 5.41. The molecule has 2 N–H and O–H groups in total. The lowest BCUT2D eigenvalue weighted by atomic mass is 10.1. The third-order valence-corrected chi connectivity index (χ3v) is 3.14. The van der Waals surface area contributed by atoms with Crippen molar-refractivity contribution in [3.8, 4) is 5.75 Å². The molecule has 5 heteroatoms. The lowest BCUT2D eigenvalue weighted by Crippen LogP contribution is -2.16. The SMILES string of the molecule is Cc1[nH]c(=S)[nH]c(=O)c1Cc1ccc(OC(C)C)cc1. The van der Waals surface area contributed by atoms with Crippen LogP contribution in [0.1, 0.15) is 30.7 Å². The van der Waals surface area contributed by atoms with Gasteiger partial charge in [-0.1, -0.05) is 12.1 Å². The quantitative estimate of drug-likeness (QED) is 0.851. The van der Waals surface area contributed by atoms with Crippen LogP contribution in [0.15, 0.2) is 29.1 Å². The van der Waals surface area contributed by atoms with Crippen molar-refractivity contribution in [1.29, 1.82) is 0 Å². The maximum atomic E-state index is 11.9. The second kappa shape index (κ2) is 6.05. The summed E-state index contributed by atoms with van der Waals surface area (Å²) in [6.45, 7) is 5.84. The highest BCUT2D eigenvalue weighted by molar-refractivity contribution is 7.71. The fourth-order valence-electron chi connectivity index (χ4n) is 2.00. The van der Waals surface area contributed by atoms with Gasteiger partial charge in [-0.3, -0.25) is 9.78 Å². The molecule has 0 unspecified atom stereocenters. The Balaban J connectivity index is 2.23. The minimum absolute atomic E-state index is 0.131. The number of aryl methyl sites for hydroxylation is 1. The van der Waals surface area contributed by atoms with Crippen LogP contribution in [0.5, 0.6) is 5.75 Å². The molecular formula is C15H18N2O2S. The highest BCUT2D eigenvalue weighted by atomic mass is 32.1. The Morgan fingerprint density at radius 3 is 2.40 bits per heavy atom. The molecular weight excluding hydrogens is 272 g/mol. The molecule has 2 rings (SSSR count). The Hall–Kier alpha value is -1.88. The van der Waals surface area contributed by atoms with Crippen molar-refractivity contribution < 1.29 is 4.74 Å². The topological polar surface area (TPSA) is 57.9 Å². The number of benzene rings is 1. The molecule has 0 aliphatic rings. The van der Waals surface area contributed by atoms with Crippen LogP contribution < -0.4 is 10.3 Å². The van der Waals surface area contributed by atoms with E-state index in [1.165, 1.54) is 0 Å². The average molecular weight is 290 g/mol. The molecule has 106 valence electrons. The van der Waals surface area contributed by atoms with E-state index in [4.69, 9.17) is 17.0 Å². The molecule has 0 atom stereocenters. The Bertz CT molecular complexity index is 699. The predicted octanol–water partition coefficient (Wildman–Crippen LogP) is 3.12. The molecule has 1 aromatic heterocycles. The van der Waals surface area contributed by atoms with Gasteiger partial charge in [-0.05, 0) is 50.7 Å². The third kappa shape index (κ3) is 3.57. The minimum Gasteiger partial charge on any atom is -0.491 e. The van der Waals surface area contributed by atoms with Gasteiger partial charge in [0, 0.05) is 17.7 Å². The van der Waals surface area contributed by atoms with Gasteiger partial charge in [-0.15, -0.1) is 0 Å². The van der Waals surface area contributed by atoms with Crippen LogP contribution >= 0.6 is 12.2 Å². The lowest BCUT2D eigenvalue weighted by Gasteiger charge is -2.10. The fourth-order valence-corrected chi connectivity index (χ4v) is 2.25. The van der Waals surface area contributed by atoms with Crippen molar-refractivity contribution in [2.24, 2.45) is 0 Å². The van der Waals surface area contributed by atoms with E-state index in [1.54, 1.807) is 0 Å². The van der Waals surface area contributed by atoms with E-state index in [2.05, 4.69) is 9.97 Å². The first-order valence-electron chi connectivity index (χ1n) is 6.53. The van der Waals surface area contributed by atoms with Crippen LogP contribution in [-0.4, -0.2) is 16.1 Å². The molecule has 0 bridgehead atoms. The van der Waals surface area contributed by atoms with E-state index in [1.807, 2.05) is 45.0 Å². The zero-order valence-electron chi connectivity index (χ0n) is 11.8. The first-order chi connectivity index (χ1) is 9.45. The number of nitrogens with one attached hydrogen (secondary N) is 2. The summed E-state index contributed by atoms with van der Waals surface area (Å²) >= 11 is 4.94. The van der Waals surface area contributed by atoms with E-state index in [0.29, 0.717) is 16.8 Å². The molecule has 20 heavy (non-hydrogen) atoms. The van der Waals surface area contributed by atoms with Crippen molar-refractivity contribution in [2.45, 2.75) is 33.3 Å². The Morgan fingerprint density at radius 1 is 1.20 bits per heavy atom. The van der Waals surface area contributed by atoms with Crippen molar-refractivity contribution in [3.63, 3.8) is 0 Å². The molecule has 1 aromatic carbocycles. The molecule has 0 saturated carbocycles. The predicted molar refractivity (Wildman–Crippen MR) is 82.0 cm³/mol. The summed E-state index contributed by atoms with van der Waals surface area (Å²) in [4.78, 5) is 17.5. The van der Waals surface area contributed by atoms with Gasteiger partial charge >= 0.3 is 0 Å². The zero-order valence-corrected chi connectivity index (χ0v) is 12.6. The maximum absolute atomic E-state index is 11.9. The minimum atomic E-state index is -0.131. The van der Waals surface area contributed by atoms with E-state index >= 15 is 0 Å². The molecule has 0 aliphatic carbocycles. The average Bonchev–Trinajstić information content (AvgIpc) is 2.35. The molecule has 0 aliphatic heterocycles. The Morgan fingerprint density at radius 2 is 1.85 bits per heavy atom. The van der Waals surface area contributed by atoms with E-state index in [9.17, 15) is 4.79 Å². The number of hydrogen-bond donors (Lipinski definition) is 2. The number of rotatable bonds is 4. The van der Waals surface area contributed by atoms with Crippen LogP contribution in [0.4, 0.5) is 0 Å². The van der Waals surface area contributed by atoms with Gasteiger partial charge in [0.1, 0.15) is 5.75 Å². The Kier molecular flexibility index (Phi) is 4.39. The number of aromatic nitrogens is 2.